The van der Waals surface area contributed by atoms with E-state index in [9.17, 15) is 9.59 Å². The van der Waals surface area contributed by atoms with E-state index < -0.39 is 11.6 Å². The van der Waals surface area contributed by atoms with Crippen LogP contribution >= 0.6 is 12.2 Å². The molecule has 1 heterocycles. The molecule has 1 aromatic rings. The highest BCUT2D eigenvalue weighted by Crippen LogP contribution is 1.98. The van der Waals surface area contributed by atoms with Gasteiger partial charge in [0.15, 0.2) is 0 Å². The van der Waals surface area contributed by atoms with Crippen LogP contribution in [0.4, 0.5) is 0 Å². The molecule has 0 bridgehead atoms. The molecule has 1 aromatic heterocycles. The van der Waals surface area contributed by atoms with Crippen LogP contribution in [0.15, 0.2) is 15.3 Å². The molecule has 0 fully saturated rings. The topological polar surface area (TPSA) is 61.4 Å². The quantitative estimate of drug-likeness (QED) is 0.489. The molecule has 13 heavy (non-hydrogen) atoms. The number of hydrogen-bond donors (Lipinski definition) is 0. The van der Waals surface area contributed by atoms with Crippen molar-refractivity contribution in [3.05, 3.63) is 27.0 Å². The maximum atomic E-state index is 11.1. The molecule has 0 amide bonds. The van der Waals surface area contributed by atoms with Gasteiger partial charge in [-0.1, -0.05) is 0 Å². The average molecular weight is 201 g/mol. The van der Waals surface area contributed by atoms with Crippen molar-refractivity contribution in [1.82, 2.24) is 4.57 Å². The first-order chi connectivity index (χ1) is 6.06. The summed E-state index contributed by atoms with van der Waals surface area (Å²) in [5.74, 6) is -0.624. The Labute approximate surface area is 78.6 Å². The van der Waals surface area contributed by atoms with E-state index >= 15 is 0 Å². The summed E-state index contributed by atoms with van der Waals surface area (Å²) in [7, 11) is 2.73. The number of carbonyl (C=O) groups excluding carboxylic acids is 1. The van der Waals surface area contributed by atoms with Crippen LogP contribution in [0.5, 0.6) is 0 Å². The smallest absolute Gasteiger partial charge is 0.355 e. The van der Waals surface area contributed by atoms with E-state index in [1.807, 2.05) is 0 Å². The largest absolute Gasteiger partial charge is 0.464 e. The third-order valence-corrected chi connectivity index (χ3v) is 1.83. The molecule has 0 saturated carbocycles. The van der Waals surface area contributed by atoms with E-state index in [-0.39, 0.29) is 10.5 Å². The zero-order chi connectivity index (χ0) is 10.0. The molecule has 0 atom stereocenters. The Morgan fingerprint density at radius 3 is 2.85 bits per heavy atom. The third-order valence-electron chi connectivity index (χ3n) is 1.47. The number of nitrogens with zero attached hydrogens (tertiary/aromatic N) is 1. The van der Waals surface area contributed by atoms with Gasteiger partial charge < -0.3 is 9.15 Å². The number of methoxy groups -OCH3 is 1. The highest BCUT2D eigenvalue weighted by atomic mass is 32.1. The van der Waals surface area contributed by atoms with Gasteiger partial charge in [-0.15, -0.1) is 0 Å². The number of ether oxygens (including phenoxy) is 1. The second-order valence-corrected chi connectivity index (χ2v) is 2.62. The molecule has 0 N–H and O–H groups in total. The van der Waals surface area contributed by atoms with Crippen LogP contribution in [0.25, 0.3) is 0 Å². The van der Waals surface area contributed by atoms with Crippen molar-refractivity contribution in [1.29, 1.82) is 0 Å². The maximum absolute atomic E-state index is 11.1. The van der Waals surface area contributed by atoms with Gasteiger partial charge in [-0.25, -0.2) is 9.59 Å². The third kappa shape index (κ3) is 1.83. The molecule has 5 nitrogen and oxygen atoms in total. The summed E-state index contributed by atoms with van der Waals surface area (Å²) in [6.07, 6.45) is 0. The van der Waals surface area contributed by atoms with E-state index in [4.69, 9.17) is 0 Å². The molecule has 70 valence electrons. The Bertz CT molecular complexity index is 445. The minimum atomic E-state index is -0.663. The molecule has 0 aliphatic heterocycles. The lowest BCUT2D eigenvalue weighted by molar-refractivity contribution is 0.0585. The predicted octanol–water partition coefficient (Wildman–Crippen LogP) is 0.494. The molecule has 0 radical (unpaired) electrons. The Balaban J connectivity index is 3.46. The fraction of sp³-hybridized carbons (Fsp3) is 0.286. The second-order valence-electron chi connectivity index (χ2n) is 2.27. The molecule has 6 heteroatoms. The fourth-order valence-corrected chi connectivity index (χ4v) is 0.972. The lowest BCUT2D eigenvalue weighted by Gasteiger charge is -2.03. The first kappa shape index (κ1) is 9.66. The van der Waals surface area contributed by atoms with Crippen molar-refractivity contribution in [2.75, 3.05) is 7.11 Å². The molecular weight excluding hydrogens is 194 g/mol. The van der Waals surface area contributed by atoms with Crippen LogP contribution in [-0.2, 0) is 11.8 Å². The van der Waals surface area contributed by atoms with Gasteiger partial charge in [0.05, 0.1) is 13.2 Å². The second kappa shape index (κ2) is 3.53. The van der Waals surface area contributed by atoms with Crippen molar-refractivity contribution < 1.29 is 13.9 Å². The number of carbonyl (C=O) groups is 1. The van der Waals surface area contributed by atoms with Crippen LogP contribution in [0.3, 0.4) is 0 Å². The van der Waals surface area contributed by atoms with E-state index in [2.05, 4.69) is 21.4 Å². The number of hydrogen-bond acceptors (Lipinski definition) is 5. The molecule has 0 spiro atoms. The number of esters is 1. The monoisotopic (exact) mass is 201 g/mol. The summed E-state index contributed by atoms with van der Waals surface area (Å²) in [6, 6.07) is 1.03. The van der Waals surface area contributed by atoms with Crippen LogP contribution in [0, 0.1) is 4.84 Å². The predicted molar refractivity (Wildman–Crippen MR) is 46.1 cm³/mol. The van der Waals surface area contributed by atoms with Gasteiger partial charge in [-0.2, -0.15) is 0 Å². The molecule has 0 aromatic carbocycles. The zero-order valence-corrected chi connectivity index (χ0v) is 7.88. The van der Waals surface area contributed by atoms with E-state index in [1.54, 1.807) is 0 Å². The summed E-state index contributed by atoms with van der Waals surface area (Å²) in [5, 5.41) is 0. The van der Waals surface area contributed by atoms with Crippen molar-refractivity contribution in [2.45, 2.75) is 0 Å². The van der Waals surface area contributed by atoms with E-state index in [0.717, 1.165) is 6.07 Å². The minimum Gasteiger partial charge on any atom is -0.464 e. The highest BCUT2D eigenvalue weighted by molar-refractivity contribution is 7.71. The summed E-state index contributed by atoms with van der Waals surface area (Å²) in [5.41, 5.74) is -0.591. The van der Waals surface area contributed by atoms with Crippen molar-refractivity contribution in [2.24, 2.45) is 7.05 Å². The van der Waals surface area contributed by atoms with Crippen LogP contribution in [0.2, 0.25) is 0 Å². The van der Waals surface area contributed by atoms with Gasteiger partial charge in [0.25, 0.3) is 4.84 Å². The van der Waals surface area contributed by atoms with Gasteiger partial charge in [0.2, 0.25) is 0 Å². The first-order valence-electron chi connectivity index (χ1n) is 3.35. The maximum Gasteiger partial charge on any atom is 0.355 e. The summed E-state index contributed by atoms with van der Waals surface area (Å²) in [4.78, 5) is 21.8. The average Bonchev–Trinajstić information content (AvgIpc) is 2.10. The van der Waals surface area contributed by atoms with Gasteiger partial charge in [0.1, 0.15) is 5.69 Å². The molecule has 0 aliphatic rings. The Morgan fingerprint density at radius 1 is 1.69 bits per heavy atom. The molecule has 0 aliphatic carbocycles. The van der Waals surface area contributed by atoms with Crippen LogP contribution in [0.1, 0.15) is 10.5 Å². The van der Waals surface area contributed by atoms with Crippen LogP contribution in [-0.4, -0.2) is 17.6 Å². The van der Waals surface area contributed by atoms with Gasteiger partial charge in [-0.3, -0.25) is 4.57 Å². The van der Waals surface area contributed by atoms with Gasteiger partial charge in [-0.05, 0) is 12.2 Å². The van der Waals surface area contributed by atoms with Crippen molar-refractivity contribution >= 4 is 18.2 Å². The lowest BCUT2D eigenvalue weighted by atomic mass is 10.4. The van der Waals surface area contributed by atoms with Gasteiger partial charge >= 0.3 is 11.6 Å². The number of rotatable bonds is 1. The molecule has 0 saturated heterocycles. The molecular formula is C7H7NO4S. The number of aromatic nitrogens is 1. The van der Waals surface area contributed by atoms with Crippen LogP contribution < -0.4 is 5.63 Å². The minimum absolute atomic E-state index is 0.0621. The van der Waals surface area contributed by atoms with E-state index in [0.29, 0.717) is 0 Å². The highest BCUT2D eigenvalue weighted by Gasteiger charge is 2.10. The van der Waals surface area contributed by atoms with Gasteiger partial charge in [0, 0.05) is 7.05 Å². The molecule has 1 rings (SSSR count). The summed E-state index contributed by atoms with van der Waals surface area (Å²) in [6.45, 7) is 0. The zero-order valence-electron chi connectivity index (χ0n) is 7.07. The van der Waals surface area contributed by atoms with E-state index in [1.165, 1.54) is 18.7 Å². The summed E-state index contributed by atoms with van der Waals surface area (Å²) < 4.78 is 10.3. The van der Waals surface area contributed by atoms with Crippen molar-refractivity contribution in [3.8, 4) is 0 Å². The SMILES string of the molecule is COC(=O)c1cc(=O)oc(=S)n1C. The Hall–Kier alpha value is -1.43. The lowest BCUT2D eigenvalue weighted by Crippen LogP contribution is -2.16. The molecule has 0 unspecified atom stereocenters. The fourth-order valence-electron chi connectivity index (χ4n) is 0.791. The Kier molecular flexibility index (Phi) is 2.62. The van der Waals surface area contributed by atoms with Crippen molar-refractivity contribution in [3.63, 3.8) is 0 Å². The summed E-state index contributed by atoms with van der Waals surface area (Å²) >= 11 is 4.68. The standard InChI is InChI=1S/C7H7NO4S/c1-8-4(6(10)11-2)3-5(9)12-7(8)13/h3H,1-2H3. The normalized spacial score (nSPS) is 9.69. The first-order valence-corrected chi connectivity index (χ1v) is 3.76. The Morgan fingerprint density at radius 2 is 2.31 bits per heavy atom.